The second kappa shape index (κ2) is 10.7. The van der Waals surface area contributed by atoms with Crippen LogP contribution in [-0.2, 0) is 6.54 Å². The molecule has 1 aliphatic heterocycles. The van der Waals surface area contributed by atoms with E-state index >= 15 is 0 Å². The Morgan fingerprint density at radius 2 is 2.04 bits per heavy atom. The minimum absolute atomic E-state index is 0.761. The van der Waals surface area contributed by atoms with Crippen molar-refractivity contribution >= 4 is 5.96 Å². The molecule has 1 aromatic heterocycles. The Balaban J connectivity index is 1.44. The minimum atomic E-state index is 0.761. The maximum absolute atomic E-state index is 4.93. The maximum Gasteiger partial charge on any atom is 0.194 e. The molecule has 7 nitrogen and oxygen atoms in total. The standard InChI is InChI=1S/C20H36N6O/c1-3-21-20(22-10-11-24(2)19-7-5-4-6-8-19)26-14-12-25(13-15-26)17-18-9-16-27-23-18/h9,16,19H,3-8,10-15,17H2,1-2H3,(H,21,22). The van der Waals surface area contributed by atoms with Crippen LogP contribution >= 0.6 is 0 Å². The molecule has 0 unspecified atom stereocenters. The van der Waals surface area contributed by atoms with E-state index in [2.05, 4.69) is 39.1 Å². The molecule has 1 aliphatic carbocycles. The number of nitrogens with zero attached hydrogens (tertiary/aromatic N) is 5. The third-order valence-electron chi connectivity index (χ3n) is 5.80. The Morgan fingerprint density at radius 1 is 1.26 bits per heavy atom. The van der Waals surface area contributed by atoms with Gasteiger partial charge in [0.15, 0.2) is 5.96 Å². The Morgan fingerprint density at radius 3 is 2.70 bits per heavy atom. The number of nitrogens with one attached hydrogen (secondary N) is 1. The first-order valence-corrected chi connectivity index (χ1v) is 10.6. The van der Waals surface area contributed by atoms with E-state index in [0.717, 1.165) is 70.1 Å². The molecule has 7 heteroatoms. The van der Waals surface area contributed by atoms with Crippen molar-refractivity contribution in [3.63, 3.8) is 0 Å². The lowest BCUT2D eigenvalue weighted by Gasteiger charge is -2.36. The van der Waals surface area contributed by atoms with Crippen LogP contribution < -0.4 is 5.32 Å². The number of hydrogen-bond acceptors (Lipinski definition) is 5. The summed E-state index contributed by atoms with van der Waals surface area (Å²) < 4.78 is 4.93. The van der Waals surface area contributed by atoms with Gasteiger partial charge in [-0.3, -0.25) is 9.89 Å². The fourth-order valence-corrected chi connectivity index (χ4v) is 4.11. The SMILES string of the molecule is CCNC(=NCCN(C)C1CCCCC1)N1CCN(Cc2ccon2)CC1. The third kappa shape index (κ3) is 6.21. The van der Waals surface area contributed by atoms with E-state index in [1.165, 1.54) is 32.1 Å². The van der Waals surface area contributed by atoms with Gasteiger partial charge in [-0.05, 0) is 26.8 Å². The molecule has 2 heterocycles. The number of aliphatic imine (C=N–C) groups is 1. The van der Waals surface area contributed by atoms with Crippen molar-refractivity contribution < 1.29 is 4.52 Å². The lowest BCUT2D eigenvalue weighted by Crippen LogP contribution is -2.52. The molecule has 2 aliphatic rings. The van der Waals surface area contributed by atoms with Crippen molar-refractivity contribution in [1.29, 1.82) is 0 Å². The number of piperazine rings is 1. The van der Waals surface area contributed by atoms with E-state index in [1.54, 1.807) is 6.26 Å². The number of rotatable bonds is 7. The Hall–Kier alpha value is -1.60. The third-order valence-corrected chi connectivity index (χ3v) is 5.80. The quantitative estimate of drug-likeness (QED) is 0.580. The van der Waals surface area contributed by atoms with Crippen LogP contribution in [0.1, 0.15) is 44.7 Å². The summed E-state index contributed by atoms with van der Waals surface area (Å²) in [5.41, 5.74) is 1.01. The predicted molar refractivity (Wildman–Crippen MR) is 109 cm³/mol. The van der Waals surface area contributed by atoms with Crippen molar-refractivity contribution in [3.8, 4) is 0 Å². The molecule has 1 aromatic rings. The largest absolute Gasteiger partial charge is 0.364 e. The number of likely N-dealkylation sites (N-methyl/N-ethyl adjacent to an activating group) is 1. The molecule has 0 amide bonds. The molecular formula is C20H36N6O. The molecule has 152 valence electrons. The molecule has 0 bridgehead atoms. The van der Waals surface area contributed by atoms with Crippen LogP contribution in [0, 0.1) is 0 Å². The van der Waals surface area contributed by atoms with Crippen LogP contribution in [0.5, 0.6) is 0 Å². The highest BCUT2D eigenvalue weighted by Crippen LogP contribution is 2.21. The lowest BCUT2D eigenvalue weighted by molar-refractivity contribution is 0.168. The Kier molecular flexibility index (Phi) is 7.95. The summed E-state index contributed by atoms with van der Waals surface area (Å²) in [6.45, 7) is 9.90. The number of hydrogen-bond donors (Lipinski definition) is 1. The van der Waals surface area contributed by atoms with E-state index < -0.39 is 0 Å². The molecule has 27 heavy (non-hydrogen) atoms. The van der Waals surface area contributed by atoms with Gasteiger partial charge in [0, 0.05) is 57.9 Å². The van der Waals surface area contributed by atoms with Gasteiger partial charge in [-0.2, -0.15) is 0 Å². The smallest absolute Gasteiger partial charge is 0.194 e. The van der Waals surface area contributed by atoms with E-state index in [-0.39, 0.29) is 0 Å². The molecule has 3 rings (SSSR count). The van der Waals surface area contributed by atoms with E-state index in [4.69, 9.17) is 9.52 Å². The zero-order chi connectivity index (χ0) is 18.9. The second-order valence-electron chi connectivity index (χ2n) is 7.76. The van der Waals surface area contributed by atoms with Gasteiger partial charge in [-0.15, -0.1) is 0 Å². The van der Waals surface area contributed by atoms with Gasteiger partial charge >= 0.3 is 0 Å². The summed E-state index contributed by atoms with van der Waals surface area (Å²) in [4.78, 5) is 12.3. The van der Waals surface area contributed by atoms with Crippen LogP contribution in [-0.4, -0.2) is 84.7 Å². The highest BCUT2D eigenvalue weighted by molar-refractivity contribution is 5.80. The molecule has 0 atom stereocenters. The zero-order valence-electron chi connectivity index (χ0n) is 17.1. The molecule has 0 radical (unpaired) electrons. The number of guanidine groups is 1. The highest BCUT2D eigenvalue weighted by Gasteiger charge is 2.21. The minimum Gasteiger partial charge on any atom is -0.364 e. The molecule has 0 aromatic carbocycles. The Bertz CT molecular complexity index is 547. The van der Waals surface area contributed by atoms with Crippen molar-refractivity contribution in [1.82, 2.24) is 25.2 Å². The molecule has 1 saturated carbocycles. The summed E-state index contributed by atoms with van der Waals surface area (Å²) >= 11 is 0. The number of aromatic nitrogens is 1. The van der Waals surface area contributed by atoms with Gasteiger partial charge in [0.25, 0.3) is 0 Å². The second-order valence-corrected chi connectivity index (χ2v) is 7.76. The summed E-state index contributed by atoms with van der Waals surface area (Å²) in [7, 11) is 2.26. The molecule has 2 fully saturated rings. The molecule has 1 saturated heterocycles. The van der Waals surface area contributed by atoms with Crippen LogP contribution in [0.4, 0.5) is 0 Å². The summed E-state index contributed by atoms with van der Waals surface area (Å²) in [5, 5.41) is 7.50. The molecular weight excluding hydrogens is 340 g/mol. The van der Waals surface area contributed by atoms with Gasteiger partial charge in [-0.1, -0.05) is 24.4 Å². The average molecular weight is 377 g/mol. The van der Waals surface area contributed by atoms with E-state index in [9.17, 15) is 0 Å². The first-order chi connectivity index (χ1) is 13.3. The lowest BCUT2D eigenvalue weighted by atomic mass is 9.94. The van der Waals surface area contributed by atoms with Crippen molar-refractivity contribution in [3.05, 3.63) is 18.0 Å². The molecule has 1 N–H and O–H groups in total. The van der Waals surface area contributed by atoms with Gasteiger partial charge in [0.05, 0.1) is 12.2 Å². The van der Waals surface area contributed by atoms with Gasteiger partial charge in [-0.25, -0.2) is 0 Å². The van der Waals surface area contributed by atoms with Crippen LogP contribution in [0.15, 0.2) is 21.8 Å². The summed E-state index contributed by atoms with van der Waals surface area (Å²) in [6, 6.07) is 2.71. The monoisotopic (exact) mass is 376 g/mol. The summed E-state index contributed by atoms with van der Waals surface area (Å²) in [6.07, 6.45) is 8.54. The average Bonchev–Trinajstić information content (AvgIpc) is 3.21. The maximum atomic E-state index is 4.93. The van der Waals surface area contributed by atoms with Gasteiger partial charge in [0.2, 0.25) is 0 Å². The van der Waals surface area contributed by atoms with Crippen LogP contribution in [0.2, 0.25) is 0 Å². The van der Waals surface area contributed by atoms with Crippen LogP contribution in [0.3, 0.4) is 0 Å². The zero-order valence-corrected chi connectivity index (χ0v) is 17.1. The fraction of sp³-hybridized carbons (Fsp3) is 0.800. The predicted octanol–water partition coefficient (Wildman–Crippen LogP) is 2.02. The highest BCUT2D eigenvalue weighted by atomic mass is 16.5. The molecule has 0 spiro atoms. The van der Waals surface area contributed by atoms with E-state index in [1.807, 2.05) is 6.07 Å². The van der Waals surface area contributed by atoms with Crippen LogP contribution in [0.25, 0.3) is 0 Å². The van der Waals surface area contributed by atoms with Crippen molar-refractivity contribution in [2.24, 2.45) is 4.99 Å². The van der Waals surface area contributed by atoms with E-state index in [0.29, 0.717) is 0 Å². The first-order valence-electron chi connectivity index (χ1n) is 10.6. The topological polar surface area (TPSA) is 60.1 Å². The Labute approximate surface area is 163 Å². The fourth-order valence-electron chi connectivity index (χ4n) is 4.11. The van der Waals surface area contributed by atoms with Crippen molar-refractivity contribution in [2.75, 3.05) is 52.9 Å². The summed E-state index contributed by atoms with van der Waals surface area (Å²) in [5.74, 6) is 1.07. The van der Waals surface area contributed by atoms with Gasteiger partial charge < -0.3 is 19.6 Å². The normalized spacial score (nSPS) is 20.4. The van der Waals surface area contributed by atoms with Gasteiger partial charge in [0.1, 0.15) is 6.26 Å². The van der Waals surface area contributed by atoms with Crippen molar-refractivity contribution in [2.45, 2.75) is 51.6 Å². The first kappa shape index (κ1) is 20.1.